The van der Waals surface area contributed by atoms with E-state index in [0.717, 1.165) is 21.5 Å². The predicted molar refractivity (Wildman–Crippen MR) is 74.7 cm³/mol. The summed E-state index contributed by atoms with van der Waals surface area (Å²) < 4.78 is 0.850. The van der Waals surface area contributed by atoms with E-state index in [1.807, 2.05) is 0 Å². The van der Waals surface area contributed by atoms with Crippen LogP contribution in [0.2, 0.25) is 5.02 Å². The van der Waals surface area contributed by atoms with Crippen molar-refractivity contribution in [3.8, 4) is 0 Å². The monoisotopic (exact) mass is 322 g/mol. The largest absolute Gasteiger partial charge is 0.293 e. The van der Waals surface area contributed by atoms with Crippen molar-refractivity contribution in [2.75, 3.05) is 0 Å². The maximum atomic E-state index is 11.8. The molecule has 0 amide bonds. The fraction of sp³-hybridized carbons (Fsp3) is 0.583. The summed E-state index contributed by atoms with van der Waals surface area (Å²) in [4.78, 5) is 12.5. The number of hydrogen-bond acceptors (Lipinski definition) is 2. The third-order valence-corrected chi connectivity index (χ3v) is 4.94. The molecule has 1 heterocycles. The van der Waals surface area contributed by atoms with Gasteiger partial charge in [-0.05, 0) is 28.4 Å². The SMILES string of the molecule is CCCCCCCC(=O)c1cc(Cl)c(Br)s1. The third-order valence-electron chi connectivity index (χ3n) is 2.43. The molecule has 90 valence electrons. The normalized spacial score (nSPS) is 10.7. The molecule has 0 aromatic carbocycles. The van der Waals surface area contributed by atoms with Gasteiger partial charge in [0.25, 0.3) is 0 Å². The molecular formula is C12H16BrClOS. The molecule has 0 aliphatic carbocycles. The van der Waals surface area contributed by atoms with Crippen molar-refractivity contribution in [1.82, 2.24) is 0 Å². The van der Waals surface area contributed by atoms with Crippen molar-refractivity contribution >= 4 is 44.7 Å². The number of unbranched alkanes of at least 4 members (excludes halogenated alkanes) is 4. The summed E-state index contributed by atoms with van der Waals surface area (Å²) in [5, 5.41) is 0.638. The number of carbonyl (C=O) groups is 1. The van der Waals surface area contributed by atoms with Gasteiger partial charge in [0.2, 0.25) is 0 Å². The molecule has 0 fully saturated rings. The van der Waals surface area contributed by atoms with Crippen LogP contribution >= 0.6 is 38.9 Å². The Labute approximate surface area is 114 Å². The minimum absolute atomic E-state index is 0.217. The van der Waals surface area contributed by atoms with Crippen molar-refractivity contribution in [2.24, 2.45) is 0 Å². The van der Waals surface area contributed by atoms with E-state index in [4.69, 9.17) is 11.6 Å². The fourth-order valence-corrected chi connectivity index (χ4v) is 3.17. The van der Waals surface area contributed by atoms with E-state index >= 15 is 0 Å². The lowest BCUT2D eigenvalue weighted by Gasteiger charge is -1.98. The van der Waals surface area contributed by atoms with Crippen LogP contribution in [0, 0.1) is 0 Å². The molecule has 1 aromatic rings. The Morgan fingerprint density at radius 2 is 2.06 bits per heavy atom. The van der Waals surface area contributed by atoms with E-state index in [2.05, 4.69) is 22.9 Å². The third kappa shape index (κ3) is 4.56. The summed E-state index contributed by atoms with van der Waals surface area (Å²) in [5.41, 5.74) is 0. The van der Waals surface area contributed by atoms with Gasteiger partial charge in [0.05, 0.1) is 13.7 Å². The van der Waals surface area contributed by atoms with Gasteiger partial charge in [0, 0.05) is 6.42 Å². The van der Waals surface area contributed by atoms with Crippen LogP contribution in [-0.2, 0) is 0 Å². The van der Waals surface area contributed by atoms with Crippen LogP contribution in [0.15, 0.2) is 9.85 Å². The molecule has 0 bridgehead atoms. The van der Waals surface area contributed by atoms with Gasteiger partial charge in [-0.25, -0.2) is 0 Å². The standard InChI is InChI=1S/C12H16BrClOS/c1-2-3-4-5-6-7-10(15)11-8-9(14)12(13)16-11/h8H,2-7H2,1H3. The van der Waals surface area contributed by atoms with Gasteiger partial charge in [0.15, 0.2) is 5.78 Å². The van der Waals surface area contributed by atoms with Gasteiger partial charge in [0.1, 0.15) is 0 Å². The van der Waals surface area contributed by atoms with Crippen LogP contribution in [0.3, 0.4) is 0 Å². The molecule has 4 heteroatoms. The lowest BCUT2D eigenvalue weighted by molar-refractivity contribution is 0.0983. The first-order chi connectivity index (χ1) is 7.65. The van der Waals surface area contributed by atoms with E-state index < -0.39 is 0 Å². The Morgan fingerprint density at radius 1 is 1.38 bits per heavy atom. The van der Waals surface area contributed by atoms with Gasteiger partial charge >= 0.3 is 0 Å². The summed E-state index contributed by atoms with van der Waals surface area (Å²) in [6.07, 6.45) is 6.53. The molecule has 1 rings (SSSR count). The molecule has 0 aliphatic heterocycles. The Balaban J connectivity index is 2.30. The summed E-state index contributed by atoms with van der Waals surface area (Å²) in [6.45, 7) is 2.19. The number of thiophene rings is 1. The topological polar surface area (TPSA) is 17.1 Å². The van der Waals surface area contributed by atoms with Crippen LogP contribution < -0.4 is 0 Å². The molecule has 1 nitrogen and oxygen atoms in total. The number of carbonyl (C=O) groups excluding carboxylic acids is 1. The molecule has 1 aromatic heterocycles. The molecule has 0 saturated heterocycles. The lowest BCUT2D eigenvalue weighted by atomic mass is 10.1. The minimum atomic E-state index is 0.217. The lowest BCUT2D eigenvalue weighted by Crippen LogP contribution is -1.95. The quantitative estimate of drug-likeness (QED) is 0.464. The Hall–Kier alpha value is 0.140. The van der Waals surface area contributed by atoms with Gasteiger partial charge < -0.3 is 0 Å². The zero-order valence-electron chi connectivity index (χ0n) is 9.39. The summed E-state index contributed by atoms with van der Waals surface area (Å²) in [6, 6.07) is 1.75. The van der Waals surface area contributed by atoms with E-state index in [0.29, 0.717) is 11.4 Å². The average Bonchev–Trinajstić information content (AvgIpc) is 2.59. The summed E-state index contributed by atoms with van der Waals surface area (Å²) in [7, 11) is 0. The zero-order valence-corrected chi connectivity index (χ0v) is 12.6. The first-order valence-corrected chi connectivity index (χ1v) is 7.62. The van der Waals surface area contributed by atoms with E-state index in [-0.39, 0.29) is 5.78 Å². The van der Waals surface area contributed by atoms with Gasteiger partial charge in [-0.1, -0.05) is 44.2 Å². The minimum Gasteiger partial charge on any atom is -0.293 e. The van der Waals surface area contributed by atoms with Crippen molar-refractivity contribution in [3.63, 3.8) is 0 Å². The maximum absolute atomic E-state index is 11.8. The van der Waals surface area contributed by atoms with Crippen molar-refractivity contribution in [2.45, 2.75) is 45.4 Å². The van der Waals surface area contributed by atoms with Crippen LogP contribution in [0.1, 0.15) is 55.1 Å². The van der Waals surface area contributed by atoms with Crippen LogP contribution in [0.5, 0.6) is 0 Å². The Morgan fingerprint density at radius 3 is 2.62 bits per heavy atom. The van der Waals surface area contributed by atoms with Gasteiger partial charge in [-0.3, -0.25) is 4.79 Å². The van der Waals surface area contributed by atoms with Crippen molar-refractivity contribution in [1.29, 1.82) is 0 Å². The molecule has 0 saturated carbocycles. The first-order valence-electron chi connectivity index (χ1n) is 5.63. The molecule has 0 N–H and O–H groups in total. The summed E-state index contributed by atoms with van der Waals surface area (Å²) >= 11 is 10.6. The molecule has 0 atom stereocenters. The highest BCUT2D eigenvalue weighted by molar-refractivity contribution is 9.11. The zero-order chi connectivity index (χ0) is 12.0. The summed E-state index contributed by atoms with van der Waals surface area (Å²) in [5.74, 6) is 0.217. The van der Waals surface area contributed by atoms with E-state index in [1.165, 1.54) is 30.6 Å². The molecular weight excluding hydrogens is 308 g/mol. The number of rotatable bonds is 7. The number of halogens is 2. The predicted octanol–water partition coefficient (Wildman–Crippen LogP) is 5.71. The van der Waals surface area contributed by atoms with Crippen molar-refractivity contribution < 1.29 is 4.79 Å². The van der Waals surface area contributed by atoms with Crippen LogP contribution in [0.25, 0.3) is 0 Å². The second-order valence-corrected chi connectivity index (χ2v) is 6.60. The fourth-order valence-electron chi connectivity index (χ4n) is 1.50. The molecule has 0 radical (unpaired) electrons. The highest BCUT2D eigenvalue weighted by atomic mass is 79.9. The van der Waals surface area contributed by atoms with Crippen LogP contribution in [0.4, 0.5) is 0 Å². The number of Topliss-reactive ketones (excluding diaryl/α,β-unsaturated/α-hetero) is 1. The molecule has 0 spiro atoms. The van der Waals surface area contributed by atoms with Gasteiger partial charge in [-0.2, -0.15) is 0 Å². The number of hydrogen-bond donors (Lipinski definition) is 0. The second kappa shape index (κ2) is 7.46. The Bertz CT molecular complexity index is 329. The second-order valence-electron chi connectivity index (χ2n) is 3.82. The highest BCUT2D eigenvalue weighted by Crippen LogP contribution is 2.32. The van der Waals surface area contributed by atoms with Crippen molar-refractivity contribution in [3.05, 3.63) is 19.8 Å². The average molecular weight is 324 g/mol. The highest BCUT2D eigenvalue weighted by Gasteiger charge is 2.11. The Kier molecular flexibility index (Phi) is 6.62. The molecule has 0 unspecified atom stereocenters. The van der Waals surface area contributed by atoms with Crippen LogP contribution in [-0.4, -0.2) is 5.78 Å². The maximum Gasteiger partial charge on any atom is 0.172 e. The van der Waals surface area contributed by atoms with E-state index in [1.54, 1.807) is 6.07 Å². The van der Waals surface area contributed by atoms with E-state index in [9.17, 15) is 4.79 Å². The molecule has 0 aliphatic rings. The first kappa shape index (κ1) is 14.2. The number of ketones is 1. The molecule has 16 heavy (non-hydrogen) atoms. The smallest absolute Gasteiger partial charge is 0.172 e. The van der Waals surface area contributed by atoms with Gasteiger partial charge in [-0.15, -0.1) is 11.3 Å².